The van der Waals surface area contributed by atoms with Crippen molar-refractivity contribution in [3.05, 3.63) is 35.4 Å². The van der Waals surface area contributed by atoms with Gasteiger partial charge in [0.05, 0.1) is 5.69 Å². The van der Waals surface area contributed by atoms with Crippen LogP contribution in [0.15, 0.2) is 24.3 Å². The van der Waals surface area contributed by atoms with Crippen LogP contribution in [0.4, 0.5) is 5.82 Å². The standard InChI is InChI=1S/C15H21N3/c1-4-5-13-14(17-18-15(13)16)12-8-6-11(7-9-12)10(2)3/h6-10H,4-5H2,1-3H3,(H3,16,17,18). The van der Waals surface area contributed by atoms with Gasteiger partial charge in [-0.25, -0.2) is 0 Å². The first-order chi connectivity index (χ1) is 8.63. The van der Waals surface area contributed by atoms with Gasteiger partial charge in [0, 0.05) is 5.56 Å². The number of rotatable bonds is 4. The number of nitrogens with zero attached hydrogens (tertiary/aromatic N) is 1. The molecule has 96 valence electrons. The first-order valence-corrected chi connectivity index (χ1v) is 6.56. The minimum Gasteiger partial charge on any atom is -0.382 e. The molecular weight excluding hydrogens is 222 g/mol. The van der Waals surface area contributed by atoms with Gasteiger partial charge in [-0.05, 0) is 23.5 Å². The van der Waals surface area contributed by atoms with E-state index in [0.717, 1.165) is 29.7 Å². The second-order valence-corrected chi connectivity index (χ2v) is 4.99. The summed E-state index contributed by atoms with van der Waals surface area (Å²) in [6, 6.07) is 8.63. The lowest BCUT2D eigenvalue weighted by atomic mass is 9.99. The molecular formula is C15H21N3. The van der Waals surface area contributed by atoms with Crippen molar-refractivity contribution in [3.8, 4) is 11.3 Å². The Morgan fingerprint density at radius 3 is 2.44 bits per heavy atom. The van der Waals surface area contributed by atoms with Crippen LogP contribution in [0.5, 0.6) is 0 Å². The maximum absolute atomic E-state index is 5.90. The van der Waals surface area contributed by atoms with Crippen LogP contribution < -0.4 is 5.73 Å². The highest BCUT2D eigenvalue weighted by atomic mass is 15.2. The summed E-state index contributed by atoms with van der Waals surface area (Å²) in [5, 5.41) is 7.17. The zero-order chi connectivity index (χ0) is 13.1. The maximum Gasteiger partial charge on any atom is 0.149 e. The third-order valence-electron chi connectivity index (χ3n) is 3.27. The summed E-state index contributed by atoms with van der Waals surface area (Å²) < 4.78 is 0. The maximum atomic E-state index is 5.90. The molecule has 0 aliphatic heterocycles. The van der Waals surface area contributed by atoms with Crippen molar-refractivity contribution in [2.75, 3.05) is 5.73 Å². The van der Waals surface area contributed by atoms with E-state index in [1.165, 1.54) is 5.56 Å². The number of H-pyrrole nitrogens is 1. The van der Waals surface area contributed by atoms with E-state index < -0.39 is 0 Å². The lowest BCUT2D eigenvalue weighted by molar-refractivity contribution is 0.867. The van der Waals surface area contributed by atoms with Crippen LogP contribution >= 0.6 is 0 Å². The van der Waals surface area contributed by atoms with Gasteiger partial charge in [0.15, 0.2) is 0 Å². The zero-order valence-corrected chi connectivity index (χ0v) is 11.3. The Hall–Kier alpha value is -1.77. The Balaban J connectivity index is 2.36. The average molecular weight is 243 g/mol. The van der Waals surface area contributed by atoms with Crippen molar-refractivity contribution in [2.24, 2.45) is 0 Å². The molecule has 0 amide bonds. The molecule has 3 N–H and O–H groups in total. The van der Waals surface area contributed by atoms with Gasteiger partial charge in [0.2, 0.25) is 0 Å². The van der Waals surface area contributed by atoms with Crippen LogP contribution in [0.25, 0.3) is 11.3 Å². The molecule has 0 saturated carbocycles. The summed E-state index contributed by atoms with van der Waals surface area (Å²) in [4.78, 5) is 0. The van der Waals surface area contributed by atoms with E-state index in [1.54, 1.807) is 0 Å². The predicted octanol–water partition coefficient (Wildman–Crippen LogP) is 3.73. The summed E-state index contributed by atoms with van der Waals surface area (Å²) in [5.74, 6) is 1.18. The Morgan fingerprint density at radius 1 is 1.22 bits per heavy atom. The van der Waals surface area contributed by atoms with Gasteiger partial charge in [-0.2, -0.15) is 5.10 Å². The SMILES string of the molecule is CCCc1c(N)n[nH]c1-c1ccc(C(C)C)cc1. The molecule has 0 atom stereocenters. The molecule has 2 aromatic rings. The molecule has 1 heterocycles. The van der Waals surface area contributed by atoms with Gasteiger partial charge < -0.3 is 5.73 Å². The Labute approximate surface area is 108 Å². The molecule has 18 heavy (non-hydrogen) atoms. The topological polar surface area (TPSA) is 54.7 Å². The summed E-state index contributed by atoms with van der Waals surface area (Å²) >= 11 is 0. The Morgan fingerprint density at radius 2 is 1.89 bits per heavy atom. The van der Waals surface area contributed by atoms with E-state index in [2.05, 4.69) is 55.2 Å². The third kappa shape index (κ3) is 2.40. The van der Waals surface area contributed by atoms with Crippen LogP contribution in [0.1, 0.15) is 44.2 Å². The van der Waals surface area contributed by atoms with E-state index in [4.69, 9.17) is 5.73 Å². The second kappa shape index (κ2) is 5.25. The number of nitrogens with one attached hydrogen (secondary N) is 1. The van der Waals surface area contributed by atoms with Gasteiger partial charge in [-0.15, -0.1) is 0 Å². The van der Waals surface area contributed by atoms with Gasteiger partial charge >= 0.3 is 0 Å². The van der Waals surface area contributed by atoms with Crippen LogP contribution in [0.3, 0.4) is 0 Å². The normalized spacial score (nSPS) is 11.1. The molecule has 0 aliphatic rings. The fraction of sp³-hybridized carbons (Fsp3) is 0.400. The van der Waals surface area contributed by atoms with Crippen LogP contribution in [-0.2, 0) is 6.42 Å². The quantitative estimate of drug-likeness (QED) is 0.859. The van der Waals surface area contributed by atoms with Crippen molar-refractivity contribution in [1.82, 2.24) is 10.2 Å². The van der Waals surface area contributed by atoms with Gasteiger partial charge in [0.25, 0.3) is 0 Å². The van der Waals surface area contributed by atoms with E-state index >= 15 is 0 Å². The molecule has 0 radical (unpaired) electrons. The number of anilines is 1. The number of nitrogen functional groups attached to an aromatic ring is 1. The molecule has 0 fully saturated rings. The molecule has 3 heteroatoms. The summed E-state index contributed by atoms with van der Waals surface area (Å²) in [6.07, 6.45) is 2.03. The van der Waals surface area contributed by atoms with Gasteiger partial charge in [-0.1, -0.05) is 51.5 Å². The summed E-state index contributed by atoms with van der Waals surface area (Å²) in [6.45, 7) is 6.55. The van der Waals surface area contributed by atoms with E-state index in [-0.39, 0.29) is 0 Å². The number of hydrogen-bond acceptors (Lipinski definition) is 2. The molecule has 0 saturated heterocycles. The molecule has 2 rings (SSSR count). The molecule has 0 spiro atoms. The number of hydrogen-bond donors (Lipinski definition) is 2. The molecule has 1 aromatic carbocycles. The Kier molecular flexibility index (Phi) is 3.70. The third-order valence-corrected chi connectivity index (χ3v) is 3.27. The van der Waals surface area contributed by atoms with Gasteiger partial charge in [-0.3, -0.25) is 5.10 Å². The lowest BCUT2D eigenvalue weighted by Crippen LogP contribution is -1.93. The number of nitrogens with two attached hydrogens (primary N) is 1. The van der Waals surface area contributed by atoms with E-state index in [9.17, 15) is 0 Å². The van der Waals surface area contributed by atoms with Crippen LogP contribution in [0.2, 0.25) is 0 Å². The fourth-order valence-electron chi connectivity index (χ4n) is 2.16. The first kappa shape index (κ1) is 12.7. The fourth-order valence-corrected chi connectivity index (χ4v) is 2.16. The number of aromatic amines is 1. The number of aromatic nitrogens is 2. The highest BCUT2D eigenvalue weighted by Gasteiger charge is 2.11. The van der Waals surface area contributed by atoms with Crippen molar-refractivity contribution in [2.45, 2.75) is 39.5 Å². The monoisotopic (exact) mass is 243 g/mol. The van der Waals surface area contributed by atoms with Crippen molar-refractivity contribution >= 4 is 5.82 Å². The second-order valence-electron chi connectivity index (χ2n) is 4.99. The minimum absolute atomic E-state index is 0.556. The van der Waals surface area contributed by atoms with Crippen molar-refractivity contribution in [3.63, 3.8) is 0 Å². The lowest BCUT2D eigenvalue weighted by Gasteiger charge is -2.07. The zero-order valence-electron chi connectivity index (χ0n) is 11.3. The predicted molar refractivity (Wildman–Crippen MR) is 76.5 cm³/mol. The van der Waals surface area contributed by atoms with Crippen LogP contribution in [0, 0.1) is 0 Å². The molecule has 1 aromatic heterocycles. The minimum atomic E-state index is 0.556. The molecule has 0 aliphatic carbocycles. The molecule has 0 unspecified atom stereocenters. The highest BCUT2D eigenvalue weighted by Crippen LogP contribution is 2.27. The number of benzene rings is 1. The molecule has 0 bridgehead atoms. The van der Waals surface area contributed by atoms with E-state index in [1.807, 2.05) is 0 Å². The van der Waals surface area contributed by atoms with Crippen molar-refractivity contribution < 1.29 is 0 Å². The first-order valence-electron chi connectivity index (χ1n) is 6.56. The van der Waals surface area contributed by atoms with E-state index in [0.29, 0.717) is 11.7 Å². The smallest absolute Gasteiger partial charge is 0.149 e. The van der Waals surface area contributed by atoms with Crippen molar-refractivity contribution in [1.29, 1.82) is 0 Å². The summed E-state index contributed by atoms with van der Waals surface area (Å²) in [7, 11) is 0. The average Bonchev–Trinajstić information content (AvgIpc) is 2.72. The van der Waals surface area contributed by atoms with Gasteiger partial charge in [0.1, 0.15) is 5.82 Å². The van der Waals surface area contributed by atoms with Crippen LogP contribution in [-0.4, -0.2) is 10.2 Å². The largest absolute Gasteiger partial charge is 0.382 e. The summed E-state index contributed by atoms with van der Waals surface area (Å²) in [5.41, 5.74) is 10.6. The Bertz CT molecular complexity index is 509. The highest BCUT2D eigenvalue weighted by molar-refractivity contribution is 5.68. The molecule has 3 nitrogen and oxygen atoms in total.